The second-order valence-corrected chi connectivity index (χ2v) is 38.5. The van der Waals surface area contributed by atoms with Gasteiger partial charge in [0.25, 0.3) is 5.79 Å². The first-order valence-corrected chi connectivity index (χ1v) is 45.7. The van der Waals surface area contributed by atoms with Crippen molar-refractivity contribution in [2.24, 2.45) is 81.2 Å². The quantitative estimate of drug-likeness (QED) is 0.0393. The van der Waals surface area contributed by atoms with Crippen LogP contribution < -0.4 is 16.2 Å². The maximum atomic E-state index is 13.2. The summed E-state index contributed by atoms with van der Waals surface area (Å²) in [6, 6.07) is 40.7. The van der Waals surface area contributed by atoms with Gasteiger partial charge in [-0.05, 0) is 245 Å². The average molecular weight is 1670 g/mol. The van der Waals surface area contributed by atoms with Crippen molar-refractivity contribution in [2.75, 3.05) is 45.2 Å². The SMILES string of the molecule is CC(=O)OC1(OC(C)=O)CC[C@H]2[C@@H]3C[C@H](C)C4=CC(=O)CCC4[C@H]3CC[C@@]21C.CC(=O)OCC(CCn1cnc2cnc(N)nc21)COC(C)=O.Cc1ccc2c(c1)CC=C1[C@@H]2CC[C@]2(C)C(=O)CC[C@@H]12.Cc1ccc2c(c1)CC[C@@H]1[C@@H]2CC[C@]2(C)C(=O)CC[C@@H]12.NC(=O)C(c1ccccc1)(c1ccccc1)[C@@H]1CCN(CCc2ccc3c(c2)CCO3)C1. The predicted octanol–water partition coefficient (Wildman–Crippen LogP) is 17.5. The average Bonchev–Trinajstić information content (AvgIpc) is 1.59. The number of likely N-dealkylation sites (tertiary alicyclic amines) is 1. The molecule has 10 aliphatic carbocycles. The van der Waals surface area contributed by atoms with Crippen molar-refractivity contribution in [1.29, 1.82) is 0 Å². The van der Waals surface area contributed by atoms with Crippen LogP contribution in [0, 0.1) is 89.3 Å². The number of Topliss-reactive ketones (excluding diaryl/α,β-unsaturated/α-hetero) is 2. The van der Waals surface area contributed by atoms with Gasteiger partial charge in [-0.2, -0.15) is 4.98 Å². The molecule has 1 saturated heterocycles. The van der Waals surface area contributed by atoms with Crippen LogP contribution >= 0.6 is 0 Å². The van der Waals surface area contributed by atoms with E-state index in [9.17, 15) is 38.4 Å². The molecule has 14 atom stereocenters. The Hall–Kier alpha value is -9.95. The van der Waals surface area contributed by atoms with Crippen LogP contribution in [0.25, 0.3) is 11.2 Å². The van der Waals surface area contributed by atoms with E-state index in [1.807, 2.05) is 71.3 Å². The summed E-state index contributed by atoms with van der Waals surface area (Å²) in [7, 11) is 0. The number of aryl methyl sites for hydroxylation is 4. The van der Waals surface area contributed by atoms with E-state index in [-0.39, 0.29) is 70.9 Å². The molecular weight excluding hydrogens is 1540 g/mol. The van der Waals surface area contributed by atoms with Crippen molar-refractivity contribution in [3.8, 4) is 5.75 Å². The summed E-state index contributed by atoms with van der Waals surface area (Å²) in [6.07, 6.45) is 29.3. The molecule has 0 bridgehead atoms. The number of nitrogens with two attached hydrogens (primary N) is 2. The van der Waals surface area contributed by atoms with Gasteiger partial charge in [0.1, 0.15) is 28.2 Å². The Balaban J connectivity index is 0.000000121. The normalized spacial score (nSPS) is 28.3. The number of amides is 1. The van der Waals surface area contributed by atoms with Gasteiger partial charge in [0.15, 0.2) is 11.4 Å². The molecule has 652 valence electrons. The molecule has 1 amide bonds. The number of rotatable bonds is 16. The molecule has 7 saturated carbocycles. The van der Waals surface area contributed by atoms with Crippen molar-refractivity contribution in [3.05, 3.63) is 207 Å². The second kappa shape index (κ2) is 36.7. The van der Waals surface area contributed by atoms with Gasteiger partial charge in [-0.15, -0.1) is 0 Å². The number of fused-ring (bicyclic) bond motifs is 17. The topological polar surface area (TPSA) is 282 Å². The summed E-state index contributed by atoms with van der Waals surface area (Å²) >= 11 is 0. The van der Waals surface area contributed by atoms with Gasteiger partial charge in [-0.25, -0.2) is 9.97 Å². The number of aromatic nitrogens is 4. The summed E-state index contributed by atoms with van der Waals surface area (Å²) in [4.78, 5) is 110. The number of nitrogens with zero attached hydrogens (tertiary/aromatic N) is 5. The molecule has 4 heterocycles. The fourth-order valence-electron chi connectivity index (χ4n) is 25.3. The van der Waals surface area contributed by atoms with E-state index in [1.54, 1.807) is 29.2 Å². The highest BCUT2D eigenvalue weighted by atomic mass is 16.7. The molecule has 20 nitrogen and oxygen atoms in total. The van der Waals surface area contributed by atoms with Crippen LogP contribution in [0.5, 0.6) is 5.75 Å². The minimum Gasteiger partial charge on any atom is -0.493 e. The van der Waals surface area contributed by atoms with E-state index in [0.29, 0.717) is 95.9 Å². The molecule has 7 aromatic rings. The summed E-state index contributed by atoms with van der Waals surface area (Å²) in [6.45, 7) is 23.3. The molecule has 2 aromatic heterocycles. The maximum absolute atomic E-state index is 13.2. The van der Waals surface area contributed by atoms with Gasteiger partial charge in [-0.3, -0.25) is 38.4 Å². The molecule has 5 aromatic carbocycles. The lowest BCUT2D eigenvalue weighted by Gasteiger charge is -2.56. The molecule has 0 spiro atoms. The Morgan fingerprint density at radius 3 is 1.98 bits per heavy atom. The zero-order chi connectivity index (χ0) is 86.9. The van der Waals surface area contributed by atoms with Crippen LogP contribution in [0.3, 0.4) is 0 Å². The van der Waals surface area contributed by atoms with Crippen LogP contribution in [-0.4, -0.2) is 117 Å². The third-order valence-corrected chi connectivity index (χ3v) is 31.4. The molecule has 4 N–H and O–H groups in total. The summed E-state index contributed by atoms with van der Waals surface area (Å²) < 4.78 is 29.0. The minimum absolute atomic E-state index is 0.0172. The van der Waals surface area contributed by atoms with Crippen LogP contribution in [0.1, 0.15) is 238 Å². The predicted molar refractivity (Wildman–Crippen MR) is 472 cm³/mol. The second-order valence-electron chi connectivity index (χ2n) is 38.5. The van der Waals surface area contributed by atoms with Gasteiger partial charge >= 0.3 is 23.9 Å². The Morgan fingerprint density at radius 1 is 0.618 bits per heavy atom. The van der Waals surface area contributed by atoms with E-state index in [0.717, 1.165) is 158 Å². The fraction of sp³-hybridized carbons (Fsp3) is 0.544. The first-order valence-electron chi connectivity index (χ1n) is 45.7. The number of carbonyl (C=O) groups excluding carboxylic acids is 8. The Labute approximate surface area is 725 Å². The largest absolute Gasteiger partial charge is 0.493 e. The monoisotopic (exact) mass is 1670 g/mol. The van der Waals surface area contributed by atoms with E-state index >= 15 is 0 Å². The Kier molecular flexibility index (Phi) is 26.2. The van der Waals surface area contributed by atoms with Gasteiger partial charge in [0.05, 0.1) is 32.3 Å². The van der Waals surface area contributed by atoms with Gasteiger partial charge in [-0.1, -0.05) is 165 Å². The minimum atomic E-state index is -1.14. The number of hydrogen-bond acceptors (Lipinski definition) is 18. The third-order valence-electron chi connectivity index (χ3n) is 31.4. The number of benzene rings is 5. The Bertz CT molecular complexity index is 5110. The smallest absolute Gasteiger partial charge is 0.305 e. The highest BCUT2D eigenvalue weighted by Gasteiger charge is 2.68. The van der Waals surface area contributed by atoms with E-state index in [4.69, 9.17) is 35.2 Å². The lowest BCUT2D eigenvalue weighted by Crippen LogP contribution is -2.56. The molecule has 8 fully saturated rings. The number of nitrogen functional groups attached to an aromatic ring is 1. The number of allylic oxidation sites excluding steroid dienone is 3. The molecule has 1 unspecified atom stereocenters. The van der Waals surface area contributed by atoms with Crippen LogP contribution in [0.4, 0.5) is 5.95 Å². The summed E-state index contributed by atoms with van der Waals surface area (Å²) in [5.41, 5.74) is 28.5. The zero-order valence-corrected chi connectivity index (χ0v) is 73.9. The number of ketones is 3. The Morgan fingerprint density at radius 2 is 1.29 bits per heavy atom. The maximum Gasteiger partial charge on any atom is 0.305 e. The van der Waals surface area contributed by atoms with Crippen molar-refractivity contribution >= 4 is 64.2 Å². The van der Waals surface area contributed by atoms with Crippen molar-refractivity contribution in [2.45, 2.75) is 240 Å². The summed E-state index contributed by atoms with van der Waals surface area (Å²) in [5, 5.41) is 0. The van der Waals surface area contributed by atoms with Crippen LogP contribution in [-0.2, 0) is 94.9 Å². The number of hydrogen-bond donors (Lipinski definition) is 2. The fourth-order valence-corrected chi connectivity index (χ4v) is 25.3. The van der Waals surface area contributed by atoms with Gasteiger partial charge in [0, 0.05) is 108 Å². The molecule has 20 heteroatoms. The standard InChI is InChI=1S/C28H30N2O2.C23H32O5.C19H24O.C19H22O.C14H19N5O4/c29-27(31)28(23-7-3-1-4-8-23,24-9-5-2-6-10-24)25-14-17-30(20-25)16-13-21-11-12-26-22(19-21)15-18-32-26;1-13-11-20-18(17-6-5-16(26)12-19(13)17)7-9-22(4)21(20)8-10-23(22,27-14(2)24)28-15(3)25;2*1-12-3-5-14-13(11-12)4-6-16-15(14)9-10-19(2)17(16)7-8-18(19)20;1-9(20)22-6-11(7-23-10(2)21)3-4-19-8-17-12-5-16-14(15)18-13(12)19/h1-12,19,25H,13-18,20H2,(H2,29,31);12-13,17-18,20-21H,5-11H2,1-4H3;3,5,11,15-17H,4,6-10H2,1-2H3;3,5-6,11,15,17H,4,7-10H2,1-2H3;5,8,11H,3-4,6-7H2,1-2H3,(H2,15,16,18)/t25-;13-,17?,18+,20+,21-,22-;15-,16-,17+,19+;15-,17+,19+;/m1011./s1. The van der Waals surface area contributed by atoms with Crippen molar-refractivity contribution < 1.29 is 62.0 Å². The molecule has 123 heavy (non-hydrogen) atoms. The zero-order valence-electron chi connectivity index (χ0n) is 73.9. The van der Waals surface area contributed by atoms with Crippen molar-refractivity contribution in [1.82, 2.24) is 24.4 Å². The van der Waals surface area contributed by atoms with Gasteiger partial charge in [0.2, 0.25) is 11.9 Å². The lowest BCUT2D eigenvalue weighted by atomic mass is 9.50. The first-order chi connectivity index (χ1) is 59.0. The first kappa shape index (κ1) is 87.9. The summed E-state index contributed by atoms with van der Waals surface area (Å²) in [5.74, 6) is 5.30. The van der Waals surface area contributed by atoms with Crippen molar-refractivity contribution in [3.63, 3.8) is 0 Å². The highest BCUT2D eigenvalue weighted by molar-refractivity contribution is 5.92. The number of imidazole rings is 1. The molecule has 19 rings (SSSR count). The van der Waals surface area contributed by atoms with E-state index in [2.05, 4.69) is 122 Å². The molecule has 0 radical (unpaired) electrons. The number of esters is 4. The molecular formula is C103H127N7O13. The molecule has 12 aliphatic rings. The van der Waals surface area contributed by atoms with E-state index < -0.39 is 23.1 Å². The third kappa shape index (κ3) is 17.8. The van der Waals surface area contributed by atoms with Crippen LogP contribution in [0.15, 0.2) is 151 Å². The number of anilines is 1. The number of carbonyl (C=O) groups is 8. The number of ether oxygens (including phenoxy) is 5. The molecule has 2 aliphatic heterocycles. The number of primary amides is 1. The van der Waals surface area contributed by atoms with Crippen LogP contribution in [0.2, 0.25) is 0 Å². The van der Waals surface area contributed by atoms with Gasteiger partial charge < -0.3 is 44.6 Å². The highest BCUT2D eigenvalue weighted by Crippen LogP contribution is 2.67. The lowest BCUT2D eigenvalue weighted by molar-refractivity contribution is -0.273. The van der Waals surface area contributed by atoms with E-state index in [1.165, 1.54) is 85.9 Å².